The second-order valence-corrected chi connectivity index (χ2v) is 7.57. The summed E-state index contributed by atoms with van der Waals surface area (Å²) >= 11 is 1.41. The molecule has 0 spiro atoms. The molecule has 6 nitrogen and oxygen atoms in total. The molecule has 0 unspecified atom stereocenters. The summed E-state index contributed by atoms with van der Waals surface area (Å²) in [6.07, 6.45) is 3.39. The Hall–Kier alpha value is -2.29. The van der Waals surface area contributed by atoms with E-state index in [1.807, 2.05) is 17.5 Å². The second kappa shape index (κ2) is 7.08. The number of hydrogen-bond donors (Lipinski definition) is 1. The summed E-state index contributed by atoms with van der Waals surface area (Å²) in [6.45, 7) is 0.143. The van der Waals surface area contributed by atoms with E-state index in [1.165, 1.54) is 30.6 Å². The lowest BCUT2D eigenvalue weighted by molar-refractivity contribution is 0.414. The molecule has 0 amide bonds. The molecule has 24 heavy (non-hydrogen) atoms. The summed E-state index contributed by atoms with van der Waals surface area (Å²) in [5.41, 5.74) is 1.76. The molecule has 3 aromatic rings. The fourth-order valence-electron chi connectivity index (χ4n) is 2.04. The maximum Gasteiger partial charge on any atom is 0.240 e. The number of nitrogens with one attached hydrogen (secondary N) is 1. The first kappa shape index (κ1) is 16.6. The van der Waals surface area contributed by atoms with Crippen LogP contribution < -0.4 is 9.46 Å². The summed E-state index contributed by atoms with van der Waals surface area (Å²) in [5, 5.41) is 2.59. The van der Waals surface area contributed by atoms with Gasteiger partial charge in [0, 0.05) is 23.3 Å². The molecule has 0 aliphatic heterocycles. The van der Waals surface area contributed by atoms with Crippen molar-refractivity contribution in [2.24, 2.45) is 0 Å². The van der Waals surface area contributed by atoms with Crippen molar-refractivity contribution in [3.63, 3.8) is 0 Å². The predicted molar refractivity (Wildman–Crippen MR) is 92.4 cm³/mol. The monoisotopic (exact) mass is 361 g/mol. The van der Waals surface area contributed by atoms with Gasteiger partial charge in [0.2, 0.25) is 10.0 Å². The zero-order valence-electron chi connectivity index (χ0n) is 12.8. The summed E-state index contributed by atoms with van der Waals surface area (Å²) < 4.78 is 32.2. The highest BCUT2D eigenvalue weighted by Crippen LogP contribution is 2.21. The van der Waals surface area contributed by atoms with Crippen LogP contribution in [0.5, 0.6) is 5.75 Å². The molecule has 0 saturated carbocycles. The molecular formula is C16H15N3O3S2. The fraction of sp³-hybridized carbons (Fsp3) is 0.125. The molecule has 0 aliphatic carbocycles. The lowest BCUT2D eigenvalue weighted by Crippen LogP contribution is -2.23. The largest absolute Gasteiger partial charge is 0.497 e. The Morgan fingerprint density at radius 2 is 1.83 bits per heavy atom. The molecule has 0 aliphatic rings. The van der Waals surface area contributed by atoms with Crippen LogP contribution >= 0.6 is 11.3 Å². The molecular weight excluding hydrogens is 346 g/mol. The molecule has 124 valence electrons. The van der Waals surface area contributed by atoms with Gasteiger partial charge in [-0.25, -0.2) is 18.1 Å². The van der Waals surface area contributed by atoms with Crippen LogP contribution in [0, 0.1) is 0 Å². The van der Waals surface area contributed by atoms with E-state index in [9.17, 15) is 8.42 Å². The third-order valence-corrected chi connectivity index (χ3v) is 5.58. The average Bonchev–Trinajstić information content (AvgIpc) is 3.10. The van der Waals surface area contributed by atoms with E-state index < -0.39 is 10.0 Å². The quantitative estimate of drug-likeness (QED) is 0.730. The smallest absolute Gasteiger partial charge is 0.240 e. The van der Waals surface area contributed by atoms with Crippen LogP contribution in [0.4, 0.5) is 0 Å². The number of thiazole rings is 1. The van der Waals surface area contributed by atoms with Crippen LogP contribution in [-0.2, 0) is 16.6 Å². The van der Waals surface area contributed by atoms with Crippen molar-refractivity contribution in [2.45, 2.75) is 11.4 Å². The first-order chi connectivity index (χ1) is 11.6. The number of pyridine rings is 1. The first-order valence-electron chi connectivity index (χ1n) is 7.07. The first-order valence-corrected chi connectivity index (χ1v) is 9.43. The summed E-state index contributed by atoms with van der Waals surface area (Å²) in [4.78, 5) is 8.60. The zero-order valence-corrected chi connectivity index (χ0v) is 14.5. The van der Waals surface area contributed by atoms with Gasteiger partial charge in [-0.1, -0.05) is 0 Å². The van der Waals surface area contributed by atoms with Gasteiger partial charge in [-0.15, -0.1) is 11.3 Å². The molecule has 0 bridgehead atoms. The van der Waals surface area contributed by atoms with Crippen LogP contribution in [0.15, 0.2) is 59.1 Å². The number of methoxy groups -OCH3 is 1. The van der Waals surface area contributed by atoms with Crippen molar-refractivity contribution in [1.29, 1.82) is 0 Å². The number of benzene rings is 1. The zero-order chi connectivity index (χ0) is 17.0. The van der Waals surface area contributed by atoms with Gasteiger partial charge in [0.25, 0.3) is 0 Å². The van der Waals surface area contributed by atoms with Gasteiger partial charge >= 0.3 is 0 Å². The van der Waals surface area contributed by atoms with E-state index in [0.717, 1.165) is 11.3 Å². The van der Waals surface area contributed by atoms with E-state index in [-0.39, 0.29) is 11.4 Å². The number of aromatic nitrogens is 2. The van der Waals surface area contributed by atoms with Crippen molar-refractivity contribution in [2.75, 3.05) is 7.11 Å². The fourth-order valence-corrected chi connectivity index (χ4v) is 3.86. The molecule has 0 fully saturated rings. The van der Waals surface area contributed by atoms with Gasteiger partial charge in [0.1, 0.15) is 10.8 Å². The number of rotatable bonds is 6. The average molecular weight is 361 g/mol. The van der Waals surface area contributed by atoms with Crippen molar-refractivity contribution in [3.8, 4) is 17.0 Å². The highest BCUT2D eigenvalue weighted by molar-refractivity contribution is 7.89. The Labute approximate surface area is 144 Å². The van der Waals surface area contributed by atoms with Crippen LogP contribution in [-0.4, -0.2) is 25.5 Å². The number of nitrogens with zero attached hydrogens (tertiary/aromatic N) is 2. The molecule has 2 heterocycles. The Morgan fingerprint density at radius 1 is 1.12 bits per heavy atom. The third kappa shape index (κ3) is 3.78. The van der Waals surface area contributed by atoms with Crippen LogP contribution in [0.3, 0.4) is 0 Å². The van der Waals surface area contributed by atoms with Gasteiger partial charge < -0.3 is 4.74 Å². The molecule has 3 rings (SSSR count). The van der Waals surface area contributed by atoms with E-state index >= 15 is 0 Å². The van der Waals surface area contributed by atoms with Crippen molar-refractivity contribution in [3.05, 3.63) is 59.2 Å². The lowest BCUT2D eigenvalue weighted by Gasteiger charge is -2.06. The lowest BCUT2D eigenvalue weighted by atomic mass is 10.2. The maximum absolute atomic E-state index is 12.3. The van der Waals surface area contributed by atoms with Gasteiger partial charge in [0.15, 0.2) is 0 Å². The minimum atomic E-state index is -3.59. The Bertz CT molecular complexity index is 907. The Balaban J connectivity index is 1.69. The molecule has 0 saturated heterocycles. The normalized spacial score (nSPS) is 11.4. The number of hydrogen-bond acceptors (Lipinski definition) is 6. The van der Waals surface area contributed by atoms with E-state index in [0.29, 0.717) is 10.8 Å². The van der Waals surface area contributed by atoms with Crippen molar-refractivity contribution >= 4 is 21.4 Å². The highest BCUT2D eigenvalue weighted by Gasteiger charge is 2.15. The second-order valence-electron chi connectivity index (χ2n) is 4.86. The Morgan fingerprint density at radius 3 is 2.50 bits per heavy atom. The minimum absolute atomic E-state index is 0.143. The van der Waals surface area contributed by atoms with Crippen LogP contribution in [0.25, 0.3) is 11.3 Å². The molecule has 1 N–H and O–H groups in total. The topological polar surface area (TPSA) is 81.2 Å². The highest BCUT2D eigenvalue weighted by atomic mass is 32.2. The molecule has 2 aromatic heterocycles. The predicted octanol–water partition coefficient (Wildman–Crippen LogP) is 2.69. The molecule has 0 radical (unpaired) electrons. The Kier molecular flexibility index (Phi) is 4.89. The van der Waals surface area contributed by atoms with Crippen molar-refractivity contribution in [1.82, 2.24) is 14.7 Å². The van der Waals surface area contributed by atoms with Crippen molar-refractivity contribution < 1.29 is 13.2 Å². The number of ether oxygens (including phenoxy) is 1. The van der Waals surface area contributed by atoms with E-state index in [2.05, 4.69) is 14.7 Å². The van der Waals surface area contributed by atoms with Gasteiger partial charge in [-0.3, -0.25) is 4.98 Å². The molecule has 8 heteroatoms. The standard InChI is InChI=1S/C16H15N3O3S2/c1-22-13-2-4-14(5-3-13)24(20,21)18-10-16-19-15(11-23-16)12-6-8-17-9-7-12/h2-9,11,18H,10H2,1H3. The number of sulfonamides is 1. The van der Waals surface area contributed by atoms with E-state index in [1.54, 1.807) is 24.5 Å². The maximum atomic E-state index is 12.3. The molecule has 0 atom stereocenters. The van der Waals surface area contributed by atoms with Gasteiger partial charge in [-0.2, -0.15) is 0 Å². The third-order valence-electron chi connectivity index (χ3n) is 3.31. The van der Waals surface area contributed by atoms with E-state index in [4.69, 9.17) is 4.74 Å². The SMILES string of the molecule is COc1ccc(S(=O)(=O)NCc2nc(-c3ccncc3)cs2)cc1. The van der Waals surface area contributed by atoms with Crippen LogP contribution in [0.1, 0.15) is 5.01 Å². The summed E-state index contributed by atoms with van der Waals surface area (Å²) in [5.74, 6) is 0.607. The summed E-state index contributed by atoms with van der Waals surface area (Å²) in [6, 6.07) is 9.95. The minimum Gasteiger partial charge on any atom is -0.497 e. The van der Waals surface area contributed by atoms with Gasteiger partial charge in [0.05, 0.1) is 24.2 Å². The van der Waals surface area contributed by atoms with Crippen LogP contribution in [0.2, 0.25) is 0 Å². The molecule has 1 aromatic carbocycles. The van der Waals surface area contributed by atoms with Gasteiger partial charge in [-0.05, 0) is 36.4 Å². The summed E-state index contributed by atoms with van der Waals surface area (Å²) in [7, 11) is -2.06.